The molecule has 0 aliphatic heterocycles. The largest absolute Gasteiger partial charge is 0.385 e. The van der Waals surface area contributed by atoms with Crippen molar-refractivity contribution in [2.45, 2.75) is 45.1 Å². The summed E-state index contributed by atoms with van der Waals surface area (Å²) in [5.74, 6) is 1.31. The van der Waals surface area contributed by atoms with Crippen molar-refractivity contribution in [3.8, 4) is 0 Å². The van der Waals surface area contributed by atoms with E-state index in [1.54, 1.807) is 7.11 Å². The number of hydrogen-bond donors (Lipinski definition) is 1. The summed E-state index contributed by atoms with van der Waals surface area (Å²) in [6.07, 6.45) is 4.79. The predicted octanol–water partition coefficient (Wildman–Crippen LogP) is 1.84. The molecule has 92 valence electrons. The van der Waals surface area contributed by atoms with Gasteiger partial charge in [-0.1, -0.05) is 18.5 Å². The van der Waals surface area contributed by atoms with Crippen LogP contribution in [0.25, 0.3) is 0 Å². The van der Waals surface area contributed by atoms with Crippen LogP contribution in [0.15, 0.2) is 4.52 Å². The van der Waals surface area contributed by atoms with Crippen molar-refractivity contribution in [2.24, 2.45) is 5.73 Å². The average molecular weight is 227 g/mol. The second kappa shape index (κ2) is 7.35. The van der Waals surface area contributed by atoms with E-state index in [-0.39, 0.29) is 6.04 Å². The highest BCUT2D eigenvalue weighted by molar-refractivity contribution is 4.91. The fourth-order valence-electron chi connectivity index (χ4n) is 1.43. The number of aromatic nitrogens is 2. The normalized spacial score (nSPS) is 12.9. The van der Waals surface area contributed by atoms with Crippen LogP contribution < -0.4 is 5.73 Å². The average Bonchev–Trinajstić information content (AvgIpc) is 2.75. The molecular formula is C11H21N3O2. The van der Waals surface area contributed by atoms with Gasteiger partial charge in [-0.2, -0.15) is 4.98 Å². The Labute approximate surface area is 96.4 Å². The summed E-state index contributed by atoms with van der Waals surface area (Å²) >= 11 is 0. The second-order valence-corrected chi connectivity index (χ2v) is 3.89. The molecule has 1 heterocycles. The monoisotopic (exact) mass is 227 g/mol. The molecule has 1 aromatic rings. The number of unbranched alkanes of at least 4 members (excludes halogenated alkanes) is 1. The molecule has 0 saturated carbocycles. The van der Waals surface area contributed by atoms with Gasteiger partial charge in [0.05, 0.1) is 6.04 Å². The van der Waals surface area contributed by atoms with Crippen LogP contribution in [-0.4, -0.2) is 23.9 Å². The fourth-order valence-corrected chi connectivity index (χ4v) is 1.43. The Morgan fingerprint density at radius 1 is 1.44 bits per heavy atom. The molecule has 1 atom stereocenters. The van der Waals surface area contributed by atoms with E-state index in [4.69, 9.17) is 15.0 Å². The molecule has 0 fully saturated rings. The molecule has 0 saturated heterocycles. The number of hydrogen-bond acceptors (Lipinski definition) is 5. The lowest BCUT2D eigenvalue weighted by atomic mass is 10.2. The zero-order valence-corrected chi connectivity index (χ0v) is 10.1. The van der Waals surface area contributed by atoms with Gasteiger partial charge in [0.25, 0.3) is 0 Å². The third-order valence-corrected chi connectivity index (χ3v) is 2.42. The Morgan fingerprint density at radius 2 is 2.25 bits per heavy atom. The van der Waals surface area contributed by atoms with E-state index < -0.39 is 0 Å². The quantitative estimate of drug-likeness (QED) is 0.686. The maximum Gasteiger partial charge on any atom is 0.243 e. The molecule has 0 aliphatic rings. The van der Waals surface area contributed by atoms with Crippen LogP contribution in [-0.2, 0) is 11.2 Å². The fraction of sp³-hybridized carbons (Fsp3) is 0.818. The van der Waals surface area contributed by atoms with Gasteiger partial charge < -0.3 is 15.0 Å². The Balaban J connectivity index is 2.37. The van der Waals surface area contributed by atoms with Crippen molar-refractivity contribution < 1.29 is 9.26 Å². The molecular weight excluding hydrogens is 206 g/mol. The third-order valence-electron chi connectivity index (χ3n) is 2.42. The Bertz CT molecular complexity index is 289. The Kier molecular flexibility index (Phi) is 6.03. The molecule has 0 aliphatic carbocycles. The summed E-state index contributed by atoms with van der Waals surface area (Å²) in [4.78, 5) is 4.28. The van der Waals surface area contributed by atoms with Crippen molar-refractivity contribution in [1.82, 2.24) is 10.1 Å². The first-order valence-corrected chi connectivity index (χ1v) is 5.85. The topological polar surface area (TPSA) is 74.2 Å². The van der Waals surface area contributed by atoms with Crippen LogP contribution in [0.1, 0.15) is 50.4 Å². The van der Waals surface area contributed by atoms with Crippen LogP contribution in [0, 0.1) is 0 Å². The van der Waals surface area contributed by atoms with Crippen molar-refractivity contribution in [2.75, 3.05) is 13.7 Å². The minimum atomic E-state index is -0.168. The second-order valence-electron chi connectivity index (χ2n) is 3.89. The molecule has 1 unspecified atom stereocenters. The van der Waals surface area contributed by atoms with E-state index in [1.807, 2.05) is 0 Å². The highest BCUT2D eigenvalue weighted by Gasteiger charge is 2.13. The lowest BCUT2D eigenvalue weighted by Gasteiger charge is -2.04. The molecule has 0 bridgehead atoms. The van der Waals surface area contributed by atoms with E-state index in [1.165, 1.54) is 0 Å². The van der Waals surface area contributed by atoms with E-state index in [0.29, 0.717) is 12.5 Å². The van der Waals surface area contributed by atoms with Gasteiger partial charge in [-0.3, -0.25) is 0 Å². The van der Waals surface area contributed by atoms with Gasteiger partial charge in [0, 0.05) is 20.1 Å². The molecule has 0 radical (unpaired) electrons. The highest BCUT2D eigenvalue weighted by Crippen LogP contribution is 2.14. The molecule has 0 aromatic carbocycles. The number of nitrogens with zero attached hydrogens (tertiary/aromatic N) is 2. The van der Waals surface area contributed by atoms with E-state index in [9.17, 15) is 0 Å². The summed E-state index contributed by atoms with van der Waals surface area (Å²) in [6, 6.07) is -0.168. The van der Waals surface area contributed by atoms with Crippen molar-refractivity contribution in [3.63, 3.8) is 0 Å². The van der Waals surface area contributed by atoms with Crippen LogP contribution in [0.3, 0.4) is 0 Å². The van der Waals surface area contributed by atoms with Crippen LogP contribution in [0.5, 0.6) is 0 Å². The van der Waals surface area contributed by atoms with Crippen molar-refractivity contribution in [3.05, 3.63) is 11.7 Å². The summed E-state index contributed by atoms with van der Waals surface area (Å²) in [7, 11) is 1.68. The van der Waals surface area contributed by atoms with Crippen LogP contribution in [0.4, 0.5) is 0 Å². The minimum Gasteiger partial charge on any atom is -0.385 e. The zero-order valence-electron chi connectivity index (χ0n) is 10.1. The molecule has 0 spiro atoms. The Morgan fingerprint density at radius 3 is 2.94 bits per heavy atom. The maximum atomic E-state index is 5.93. The van der Waals surface area contributed by atoms with E-state index >= 15 is 0 Å². The van der Waals surface area contributed by atoms with Gasteiger partial charge >= 0.3 is 0 Å². The summed E-state index contributed by atoms with van der Waals surface area (Å²) in [5, 5.41) is 3.91. The lowest BCUT2D eigenvalue weighted by molar-refractivity contribution is 0.188. The van der Waals surface area contributed by atoms with Crippen molar-refractivity contribution in [1.29, 1.82) is 0 Å². The van der Waals surface area contributed by atoms with Gasteiger partial charge in [0.1, 0.15) is 0 Å². The van der Waals surface area contributed by atoms with Gasteiger partial charge in [0.15, 0.2) is 5.82 Å². The number of aryl methyl sites for hydroxylation is 1. The summed E-state index contributed by atoms with van der Waals surface area (Å²) in [5.41, 5.74) is 5.93. The molecule has 2 N–H and O–H groups in total. The van der Waals surface area contributed by atoms with Crippen molar-refractivity contribution >= 4 is 0 Å². The van der Waals surface area contributed by atoms with Gasteiger partial charge in [0.2, 0.25) is 5.89 Å². The smallest absolute Gasteiger partial charge is 0.243 e. The van der Waals surface area contributed by atoms with Gasteiger partial charge in [-0.05, 0) is 19.3 Å². The van der Waals surface area contributed by atoms with Gasteiger partial charge in [-0.15, -0.1) is 0 Å². The molecule has 1 rings (SSSR count). The van der Waals surface area contributed by atoms with E-state index in [2.05, 4.69) is 17.1 Å². The molecule has 5 nitrogen and oxygen atoms in total. The number of rotatable bonds is 8. The standard InChI is InChI=1S/C11H21N3O2/c1-3-4-7-10-13-11(16-14-10)9(12)6-5-8-15-2/h9H,3-8,12H2,1-2H3. The maximum absolute atomic E-state index is 5.93. The number of ether oxygens (including phenoxy) is 1. The molecule has 0 amide bonds. The minimum absolute atomic E-state index is 0.168. The van der Waals surface area contributed by atoms with Crippen LogP contribution in [0.2, 0.25) is 0 Å². The number of nitrogens with two attached hydrogens (primary N) is 1. The number of methoxy groups -OCH3 is 1. The highest BCUT2D eigenvalue weighted by atomic mass is 16.5. The first kappa shape index (κ1) is 13.1. The third kappa shape index (κ3) is 4.28. The SMILES string of the molecule is CCCCc1noc(C(N)CCCOC)n1. The molecule has 16 heavy (non-hydrogen) atoms. The first-order chi connectivity index (χ1) is 7.77. The zero-order chi connectivity index (χ0) is 11.8. The van der Waals surface area contributed by atoms with E-state index in [0.717, 1.165) is 37.9 Å². The molecule has 5 heteroatoms. The Hall–Kier alpha value is -0.940. The van der Waals surface area contributed by atoms with Gasteiger partial charge in [-0.25, -0.2) is 0 Å². The molecule has 1 aromatic heterocycles. The first-order valence-electron chi connectivity index (χ1n) is 5.85. The predicted molar refractivity (Wildman–Crippen MR) is 60.9 cm³/mol. The summed E-state index contributed by atoms with van der Waals surface area (Å²) < 4.78 is 10.1. The summed E-state index contributed by atoms with van der Waals surface area (Å²) in [6.45, 7) is 2.85. The lowest BCUT2D eigenvalue weighted by Crippen LogP contribution is -2.11. The van der Waals surface area contributed by atoms with Crippen LogP contribution >= 0.6 is 0 Å².